The molecule has 1 saturated carbocycles. The molecule has 0 unspecified atom stereocenters. The molecule has 0 atom stereocenters. The molecule has 11 nitrogen and oxygen atoms in total. The molecule has 3 N–H and O–H groups in total. The monoisotopic (exact) mass is 478 g/mol. The molecule has 34 heavy (non-hydrogen) atoms. The van der Waals surface area contributed by atoms with Crippen molar-refractivity contribution in [1.29, 1.82) is 0 Å². The Balaban J connectivity index is 1.43. The van der Waals surface area contributed by atoms with Gasteiger partial charge in [0.25, 0.3) is 5.92 Å². The van der Waals surface area contributed by atoms with Gasteiger partial charge in [-0.05, 0) is 0 Å². The van der Waals surface area contributed by atoms with E-state index in [0.717, 1.165) is 6.92 Å². The lowest BCUT2D eigenvalue weighted by Gasteiger charge is -2.40. The second kappa shape index (κ2) is 9.87. The third-order valence-corrected chi connectivity index (χ3v) is 5.73. The fourth-order valence-corrected chi connectivity index (χ4v) is 3.64. The summed E-state index contributed by atoms with van der Waals surface area (Å²) in [7, 11) is 1.59. The molecule has 2 amide bonds. The number of urea groups is 1. The van der Waals surface area contributed by atoms with E-state index in [1.54, 1.807) is 25.5 Å². The number of aromatic nitrogens is 4. The number of halogens is 2. The maximum atomic E-state index is 13.0. The lowest BCUT2D eigenvalue weighted by atomic mass is 9.88. The fourth-order valence-electron chi connectivity index (χ4n) is 3.64. The number of morpholine rings is 1. The van der Waals surface area contributed by atoms with E-state index in [0.29, 0.717) is 62.2 Å². The highest BCUT2D eigenvalue weighted by atomic mass is 19.3. The zero-order valence-electron chi connectivity index (χ0n) is 19.1. The van der Waals surface area contributed by atoms with Gasteiger partial charge in [-0.2, -0.15) is 4.98 Å². The number of anilines is 2. The number of nitrogens with one attached hydrogen (secondary N) is 1. The predicted octanol–water partition coefficient (Wildman–Crippen LogP) is 1.56. The van der Waals surface area contributed by atoms with Crippen LogP contribution in [-0.2, 0) is 4.74 Å². The quantitative estimate of drug-likeness (QED) is 0.608. The number of ether oxygens (including phenoxy) is 2. The summed E-state index contributed by atoms with van der Waals surface area (Å²) in [6, 6.07) is 1.07. The lowest BCUT2D eigenvalue weighted by molar-refractivity contribution is 0.0180. The highest BCUT2D eigenvalue weighted by Crippen LogP contribution is 2.31. The zero-order valence-corrected chi connectivity index (χ0v) is 19.1. The molecule has 0 bridgehead atoms. The van der Waals surface area contributed by atoms with Gasteiger partial charge in [-0.3, -0.25) is 0 Å². The van der Waals surface area contributed by atoms with Crippen LogP contribution in [0, 0.1) is 0 Å². The number of nitrogens with zero attached hydrogens (tertiary/aromatic N) is 6. The Labute approximate surface area is 195 Å². The molecular weight excluding hydrogens is 450 g/mol. The van der Waals surface area contributed by atoms with E-state index >= 15 is 0 Å². The van der Waals surface area contributed by atoms with Crippen LogP contribution >= 0.6 is 0 Å². The van der Waals surface area contributed by atoms with Gasteiger partial charge >= 0.3 is 6.03 Å². The second-order valence-electron chi connectivity index (χ2n) is 8.53. The fraction of sp³-hybridized carbons (Fsp3) is 0.571. The molecule has 0 radical (unpaired) electrons. The van der Waals surface area contributed by atoms with Crippen LogP contribution in [0.4, 0.5) is 25.5 Å². The summed E-state index contributed by atoms with van der Waals surface area (Å²) in [4.78, 5) is 32.9. The highest BCUT2D eigenvalue weighted by Gasteiger charge is 2.37. The first-order valence-corrected chi connectivity index (χ1v) is 11.0. The molecule has 2 aromatic rings. The Morgan fingerprint density at radius 1 is 1.29 bits per heavy atom. The van der Waals surface area contributed by atoms with E-state index in [2.05, 4.69) is 25.3 Å². The highest BCUT2D eigenvalue weighted by molar-refractivity contribution is 5.74. The molecule has 1 saturated heterocycles. The van der Waals surface area contributed by atoms with Gasteiger partial charge in [-0.15, -0.1) is 0 Å². The zero-order chi connectivity index (χ0) is 24.3. The van der Waals surface area contributed by atoms with Crippen LogP contribution in [0.25, 0.3) is 11.3 Å². The van der Waals surface area contributed by atoms with E-state index in [1.165, 1.54) is 4.90 Å². The van der Waals surface area contributed by atoms with Gasteiger partial charge in [-0.1, -0.05) is 0 Å². The number of amides is 2. The Bertz CT molecular complexity index is 993. The van der Waals surface area contributed by atoms with Crippen molar-refractivity contribution >= 4 is 17.9 Å². The van der Waals surface area contributed by atoms with Crippen molar-refractivity contribution < 1.29 is 23.0 Å². The molecule has 1 aliphatic heterocycles. The maximum absolute atomic E-state index is 13.0. The second-order valence-corrected chi connectivity index (χ2v) is 8.53. The van der Waals surface area contributed by atoms with Gasteiger partial charge in [0.2, 0.25) is 17.8 Å². The van der Waals surface area contributed by atoms with Crippen LogP contribution in [0.3, 0.4) is 0 Å². The van der Waals surface area contributed by atoms with E-state index in [4.69, 9.17) is 15.2 Å². The number of hydrogen-bond acceptors (Lipinski definition) is 9. The van der Waals surface area contributed by atoms with E-state index in [-0.39, 0.29) is 18.1 Å². The molecule has 3 heterocycles. The van der Waals surface area contributed by atoms with Crippen LogP contribution in [0.2, 0.25) is 0 Å². The van der Waals surface area contributed by atoms with Crippen molar-refractivity contribution in [3.05, 3.63) is 18.5 Å². The van der Waals surface area contributed by atoms with Gasteiger partial charge in [0.05, 0.1) is 25.5 Å². The van der Waals surface area contributed by atoms with Gasteiger partial charge in [0.15, 0.2) is 0 Å². The summed E-state index contributed by atoms with van der Waals surface area (Å²) in [5.74, 6) is -1.89. The number of carbonyl (C=O) groups is 1. The topological polar surface area (TPSA) is 132 Å². The standard InChI is InChI=1S/C21H28F2N8O3/c1-21(22,23)12-27-20(32)30(2)14-7-15(8-14)34-17-9-16(13-10-25-18(24)26-11-13)28-19(29-17)31-3-5-33-6-4-31/h9-11,14-15H,3-8,12H2,1-2H3,(H,27,32)(H2,24,25,26). The summed E-state index contributed by atoms with van der Waals surface area (Å²) in [6.07, 6.45) is 4.12. The summed E-state index contributed by atoms with van der Waals surface area (Å²) < 4.78 is 37.5. The van der Waals surface area contributed by atoms with Crippen molar-refractivity contribution in [2.75, 3.05) is 50.5 Å². The number of rotatable bonds is 7. The first kappa shape index (κ1) is 23.8. The molecular formula is C21H28F2N8O3. The van der Waals surface area contributed by atoms with Crippen LogP contribution in [0.1, 0.15) is 19.8 Å². The summed E-state index contributed by atoms with van der Waals surface area (Å²) in [5, 5.41) is 2.25. The third kappa shape index (κ3) is 5.95. The van der Waals surface area contributed by atoms with Crippen LogP contribution in [0.5, 0.6) is 5.88 Å². The first-order valence-electron chi connectivity index (χ1n) is 11.0. The van der Waals surface area contributed by atoms with Gasteiger partial charge in [-0.25, -0.2) is 28.5 Å². The maximum Gasteiger partial charge on any atom is 0.317 e. The van der Waals surface area contributed by atoms with E-state index < -0.39 is 18.5 Å². The first-order chi connectivity index (χ1) is 16.2. The molecule has 1 aliphatic carbocycles. The average molecular weight is 479 g/mol. The van der Waals surface area contributed by atoms with Crippen molar-refractivity contribution in [3.8, 4) is 17.1 Å². The number of nitrogens with two attached hydrogens (primary N) is 1. The average Bonchev–Trinajstić information content (AvgIpc) is 2.79. The van der Waals surface area contributed by atoms with E-state index in [1.807, 2.05) is 4.90 Å². The largest absolute Gasteiger partial charge is 0.474 e. The minimum atomic E-state index is -2.96. The lowest BCUT2D eigenvalue weighted by Crippen LogP contribution is -2.53. The van der Waals surface area contributed by atoms with Crippen molar-refractivity contribution in [1.82, 2.24) is 30.2 Å². The van der Waals surface area contributed by atoms with Gasteiger partial charge < -0.3 is 30.3 Å². The Morgan fingerprint density at radius 3 is 2.62 bits per heavy atom. The summed E-state index contributed by atoms with van der Waals surface area (Å²) in [5.41, 5.74) is 6.87. The Hall–Kier alpha value is -3.35. The number of hydrogen-bond donors (Lipinski definition) is 2. The normalized spacial score (nSPS) is 20.4. The number of carbonyl (C=O) groups excluding carboxylic acids is 1. The Morgan fingerprint density at radius 2 is 1.97 bits per heavy atom. The molecule has 4 rings (SSSR count). The van der Waals surface area contributed by atoms with Crippen molar-refractivity contribution in [2.45, 2.75) is 37.8 Å². The molecule has 0 spiro atoms. The molecule has 0 aromatic carbocycles. The molecule has 2 aliphatic rings. The minimum Gasteiger partial charge on any atom is -0.474 e. The Kier molecular flexibility index (Phi) is 6.91. The van der Waals surface area contributed by atoms with Crippen molar-refractivity contribution in [3.63, 3.8) is 0 Å². The smallest absolute Gasteiger partial charge is 0.317 e. The van der Waals surface area contributed by atoms with Crippen LogP contribution < -0.4 is 20.7 Å². The number of alkyl halides is 2. The molecule has 2 fully saturated rings. The predicted molar refractivity (Wildman–Crippen MR) is 120 cm³/mol. The van der Waals surface area contributed by atoms with Crippen LogP contribution in [0.15, 0.2) is 18.5 Å². The SMILES string of the molecule is CN(C(=O)NCC(C)(F)F)C1CC(Oc2cc(-c3cnc(N)nc3)nc(N3CCOCC3)n2)C1. The van der Waals surface area contributed by atoms with Crippen molar-refractivity contribution in [2.24, 2.45) is 0 Å². The summed E-state index contributed by atoms with van der Waals surface area (Å²) >= 11 is 0. The van der Waals surface area contributed by atoms with E-state index in [9.17, 15) is 13.6 Å². The molecule has 184 valence electrons. The third-order valence-electron chi connectivity index (χ3n) is 5.73. The number of nitrogen functional groups attached to an aromatic ring is 1. The molecule has 2 aromatic heterocycles. The van der Waals surface area contributed by atoms with Gasteiger partial charge in [0, 0.05) is 70.0 Å². The van der Waals surface area contributed by atoms with Gasteiger partial charge in [0.1, 0.15) is 6.10 Å². The van der Waals surface area contributed by atoms with Crippen LogP contribution in [-0.4, -0.2) is 88.8 Å². The minimum absolute atomic E-state index is 0.110. The molecule has 13 heteroatoms. The summed E-state index contributed by atoms with van der Waals surface area (Å²) in [6.45, 7) is 2.53.